The Balaban J connectivity index is 0.000000422. The van der Waals surface area contributed by atoms with E-state index in [1.54, 1.807) is 0 Å². The zero-order chi connectivity index (χ0) is 27.6. The Morgan fingerprint density at radius 1 is 0.667 bits per heavy atom. The fraction of sp³-hybridized carbons (Fsp3) is 0.395. The van der Waals surface area contributed by atoms with E-state index in [9.17, 15) is 0 Å². The van der Waals surface area contributed by atoms with Gasteiger partial charge in [-0.25, -0.2) is 0 Å². The molecule has 42 heavy (non-hydrogen) atoms. The molecule has 0 spiro atoms. The van der Waals surface area contributed by atoms with E-state index in [4.69, 9.17) is 0 Å². The van der Waals surface area contributed by atoms with E-state index >= 15 is 0 Å². The molecule has 2 atom stereocenters. The Labute approximate surface area is 273 Å². The van der Waals surface area contributed by atoms with Crippen LogP contribution in [0.25, 0.3) is 0 Å². The standard InChI is InChI=1S/C30H34N2.C8H12.ClH.Rh/c1-23(2)27-20-12-13-21-28(27)32-22-31(26-18-10-5-11-19-26)29(24-14-6-3-7-15-24)30(32)25-16-8-4-9-17-25;1-2-4-6-8-7-5-3-1;;/h3-4,6-9,12-17,20-21,23,26,29-30H,5,10-11,18-19H2,1-2H3;1-2,7-8H,3-6H2;1H;/p-1/b;2-1-,8-7-;;/t29-,30-;;;/m1.../s1. The summed E-state index contributed by atoms with van der Waals surface area (Å²) in [5.74, 6) is 0.461. The summed E-state index contributed by atoms with van der Waals surface area (Å²) in [7, 11) is 0. The average Bonchev–Trinajstić information content (AvgIpc) is 3.39. The van der Waals surface area contributed by atoms with Gasteiger partial charge in [-0.3, -0.25) is 0 Å². The summed E-state index contributed by atoms with van der Waals surface area (Å²) in [6.45, 7) is 4.58. The van der Waals surface area contributed by atoms with Crippen LogP contribution in [0.15, 0.2) is 109 Å². The van der Waals surface area contributed by atoms with Crippen molar-refractivity contribution in [2.75, 3.05) is 4.90 Å². The van der Waals surface area contributed by atoms with Crippen LogP contribution >= 0.6 is 0 Å². The molecule has 0 saturated heterocycles. The van der Waals surface area contributed by atoms with Gasteiger partial charge in [0.15, 0.2) is 0 Å². The summed E-state index contributed by atoms with van der Waals surface area (Å²) >= 11 is 0. The normalized spacial score (nSPS) is 21.9. The van der Waals surface area contributed by atoms with Gasteiger partial charge in [0.25, 0.3) is 0 Å². The fourth-order valence-electron chi connectivity index (χ4n) is 6.44. The molecule has 0 unspecified atom stereocenters. The van der Waals surface area contributed by atoms with Crippen LogP contribution in [0.4, 0.5) is 5.69 Å². The Hall–Kier alpha value is -2.48. The van der Waals surface area contributed by atoms with Gasteiger partial charge in [-0.1, -0.05) is 135 Å². The number of hydrogen-bond donors (Lipinski definition) is 0. The van der Waals surface area contributed by atoms with Crippen molar-refractivity contribution in [3.8, 4) is 0 Å². The number of hydrogen-bond acceptors (Lipinski definition) is 1. The first kappa shape index (κ1) is 34.0. The SMILES string of the molecule is C1=C\CC/C=C\CC/1.CC(C)c1ccccc1N1[C-]=[N+](C2CCCCC2)[C@H](c2ccccc2)[C@H]1c1ccccc1.[Cl-].[Rh]. The van der Waals surface area contributed by atoms with Crippen LogP contribution < -0.4 is 17.3 Å². The van der Waals surface area contributed by atoms with Crippen molar-refractivity contribution in [2.24, 2.45) is 0 Å². The van der Waals surface area contributed by atoms with Gasteiger partial charge < -0.3 is 21.9 Å². The van der Waals surface area contributed by atoms with Gasteiger partial charge in [0.2, 0.25) is 0 Å². The van der Waals surface area contributed by atoms with Gasteiger partial charge in [-0.2, -0.15) is 0 Å². The van der Waals surface area contributed by atoms with Gasteiger partial charge >= 0.3 is 0 Å². The summed E-state index contributed by atoms with van der Waals surface area (Å²) in [6, 6.07) is 32.0. The summed E-state index contributed by atoms with van der Waals surface area (Å²) in [5.41, 5.74) is 5.41. The fourth-order valence-corrected chi connectivity index (χ4v) is 6.44. The largest absolute Gasteiger partial charge is 1.00 e. The van der Waals surface area contributed by atoms with Crippen molar-refractivity contribution < 1.29 is 36.5 Å². The van der Waals surface area contributed by atoms with Crippen LogP contribution in [0.5, 0.6) is 0 Å². The van der Waals surface area contributed by atoms with Crippen LogP contribution in [-0.2, 0) is 19.5 Å². The van der Waals surface area contributed by atoms with E-state index in [0.29, 0.717) is 12.0 Å². The molecule has 0 aromatic heterocycles. The van der Waals surface area contributed by atoms with Crippen molar-refractivity contribution in [1.82, 2.24) is 0 Å². The van der Waals surface area contributed by atoms with E-state index < -0.39 is 0 Å². The van der Waals surface area contributed by atoms with Crippen LogP contribution in [0.3, 0.4) is 0 Å². The van der Waals surface area contributed by atoms with E-state index in [2.05, 4.69) is 139 Å². The minimum absolute atomic E-state index is 0. The Kier molecular flexibility index (Phi) is 14.3. The number of benzene rings is 3. The van der Waals surface area contributed by atoms with Gasteiger partial charge in [-0.15, -0.1) is 0 Å². The Morgan fingerprint density at radius 3 is 1.71 bits per heavy atom. The molecule has 1 fully saturated rings. The number of allylic oxidation sites excluding steroid dienone is 4. The minimum Gasteiger partial charge on any atom is -1.00 e. The molecule has 2 aliphatic carbocycles. The third-order valence-corrected chi connectivity index (χ3v) is 8.50. The first-order valence-electron chi connectivity index (χ1n) is 15.6. The van der Waals surface area contributed by atoms with Crippen molar-refractivity contribution in [2.45, 2.75) is 95.7 Å². The van der Waals surface area contributed by atoms with Crippen molar-refractivity contribution in [3.05, 3.63) is 126 Å². The number of para-hydroxylation sites is 1. The molecule has 3 aliphatic rings. The summed E-state index contributed by atoms with van der Waals surface area (Å²) < 4.78 is 2.59. The number of halogens is 1. The molecule has 1 saturated carbocycles. The zero-order valence-electron chi connectivity index (χ0n) is 25.2. The molecule has 1 heterocycles. The second-order valence-electron chi connectivity index (χ2n) is 11.7. The minimum atomic E-state index is 0. The van der Waals surface area contributed by atoms with Gasteiger partial charge in [0.1, 0.15) is 18.4 Å². The Bertz CT molecular complexity index is 1250. The molecule has 3 aromatic rings. The molecule has 0 N–H and O–H groups in total. The monoisotopic (exact) mass is 668 g/mol. The molecular formula is C38H46ClN2Rh-. The van der Waals surface area contributed by atoms with E-state index in [1.807, 2.05) is 0 Å². The van der Waals surface area contributed by atoms with Crippen LogP contribution in [0.1, 0.15) is 106 Å². The van der Waals surface area contributed by atoms with Crippen LogP contribution in [0.2, 0.25) is 0 Å². The average molecular weight is 669 g/mol. The molecule has 1 radical (unpaired) electrons. The summed E-state index contributed by atoms with van der Waals surface area (Å²) in [6.07, 6.45) is 24.5. The molecule has 4 heteroatoms. The molecular weight excluding hydrogens is 623 g/mol. The second kappa shape index (κ2) is 17.6. The maximum absolute atomic E-state index is 3.94. The maximum Gasteiger partial charge on any atom is 0.146 e. The number of nitrogens with zero attached hydrogens (tertiary/aromatic N) is 2. The van der Waals surface area contributed by atoms with Gasteiger partial charge in [0.05, 0.1) is 6.04 Å². The van der Waals surface area contributed by atoms with Crippen LogP contribution in [-0.4, -0.2) is 17.0 Å². The summed E-state index contributed by atoms with van der Waals surface area (Å²) in [4.78, 5) is 2.46. The molecule has 0 bridgehead atoms. The van der Waals surface area contributed by atoms with Crippen molar-refractivity contribution >= 4 is 12.0 Å². The van der Waals surface area contributed by atoms with E-state index in [1.165, 1.54) is 80.2 Å². The molecule has 225 valence electrons. The smallest absolute Gasteiger partial charge is 0.146 e. The van der Waals surface area contributed by atoms with E-state index in [0.717, 1.165) is 0 Å². The van der Waals surface area contributed by atoms with Crippen molar-refractivity contribution in [3.63, 3.8) is 0 Å². The number of rotatable bonds is 5. The first-order chi connectivity index (χ1) is 19.7. The Morgan fingerprint density at radius 2 is 1.17 bits per heavy atom. The van der Waals surface area contributed by atoms with Crippen molar-refractivity contribution in [1.29, 1.82) is 0 Å². The third-order valence-electron chi connectivity index (χ3n) is 8.50. The van der Waals surface area contributed by atoms with E-state index in [-0.39, 0.29) is 44.0 Å². The topological polar surface area (TPSA) is 6.25 Å². The van der Waals surface area contributed by atoms with Gasteiger partial charge in [0, 0.05) is 19.5 Å². The summed E-state index contributed by atoms with van der Waals surface area (Å²) in [5, 5.41) is 0. The molecule has 3 aromatic carbocycles. The quantitative estimate of drug-likeness (QED) is 0.122. The second-order valence-corrected chi connectivity index (χ2v) is 11.7. The van der Waals surface area contributed by atoms with Crippen LogP contribution in [0, 0.1) is 0 Å². The zero-order valence-corrected chi connectivity index (χ0v) is 27.6. The third kappa shape index (κ3) is 8.55. The predicted octanol–water partition coefficient (Wildman–Crippen LogP) is 7.04. The molecule has 0 amide bonds. The number of anilines is 1. The van der Waals surface area contributed by atoms with Gasteiger partial charge in [-0.05, 0) is 74.1 Å². The molecule has 2 nitrogen and oxygen atoms in total. The molecule has 1 aliphatic heterocycles. The first-order valence-corrected chi connectivity index (χ1v) is 15.6. The maximum atomic E-state index is 3.94. The molecule has 6 rings (SSSR count). The predicted molar refractivity (Wildman–Crippen MR) is 170 cm³/mol.